The first-order valence-corrected chi connectivity index (χ1v) is 6.88. The molecular formula is C15H8ClNS. The van der Waals surface area contributed by atoms with Crippen LogP contribution in [0.2, 0.25) is 5.02 Å². The molecule has 2 aromatic carbocycles. The lowest BCUT2D eigenvalue weighted by molar-refractivity contribution is 1.45. The maximum Gasteiger partial charge on any atom is 0.124 e. The molecule has 0 saturated heterocycles. The highest BCUT2D eigenvalue weighted by atomic mass is 35.5. The number of fused-ring (bicyclic) bond motifs is 5. The van der Waals surface area contributed by atoms with E-state index >= 15 is 0 Å². The van der Waals surface area contributed by atoms with Crippen LogP contribution < -0.4 is 0 Å². The molecule has 0 atom stereocenters. The van der Waals surface area contributed by atoms with Crippen molar-refractivity contribution < 1.29 is 0 Å². The Morgan fingerprint density at radius 3 is 2.83 bits per heavy atom. The molecule has 0 saturated carbocycles. The zero-order valence-corrected chi connectivity index (χ0v) is 10.9. The monoisotopic (exact) mass is 269 g/mol. The van der Waals surface area contributed by atoms with Gasteiger partial charge in [0.25, 0.3) is 0 Å². The van der Waals surface area contributed by atoms with Crippen LogP contribution >= 0.6 is 22.9 Å². The Morgan fingerprint density at radius 2 is 1.89 bits per heavy atom. The van der Waals surface area contributed by atoms with Gasteiger partial charge in [-0.1, -0.05) is 41.9 Å². The quantitative estimate of drug-likeness (QED) is 0.424. The maximum absolute atomic E-state index is 6.07. The van der Waals surface area contributed by atoms with Gasteiger partial charge in [-0.25, -0.2) is 4.98 Å². The van der Waals surface area contributed by atoms with Gasteiger partial charge in [-0.05, 0) is 22.9 Å². The number of benzene rings is 2. The Balaban J connectivity index is 2.35. The number of thiophene rings is 1. The predicted molar refractivity (Wildman–Crippen MR) is 79.6 cm³/mol. The minimum Gasteiger partial charge on any atom is -0.244 e. The summed E-state index contributed by atoms with van der Waals surface area (Å²) in [6, 6.07) is 14.8. The van der Waals surface area contributed by atoms with Gasteiger partial charge >= 0.3 is 0 Å². The number of hydrogen-bond donors (Lipinski definition) is 0. The second-order valence-electron chi connectivity index (χ2n) is 4.27. The summed E-state index contributed by atoms with van der Waals surface area (Å²) >= 11 is 7.78. The van der Waals surface area contributed by atoms with Crippen molar-refractivity contribution in [2.75, 3.05) is 0 Å². The molecule has 0 unspecified atom stereocenters. The van der Waals surface area contributed by atoms with Gasteiger partial charge in [0.05, 0.1) is 5.02 Å². The van der Waals surface area contributed by atoms with Crippen molar-refractivity contribution in [2.45, 2.75) is 0 Å². The van der Waals surface area contributed by atoms with E-state index in [1.54, 1.807) is 17.5 Å². The average molecular weight is 270 g/mol. The Morgan fingerprint density at radius 1 is 1.00 bits per heavy atom. The standard InChI is InChI=1S/C15H8ClNS/c16-10-7-12-14-11-4-2-1-3-9(11)5-6-13(14)18-15(12)17-8-10/h1-8H. The van der Waals surface area contributed by atoms with Crippen molar-refractivity contribution in [3.63, 3.8) is 0 Å². The summed E-state index contributed by atoms with van der Waals surface area (Å²) in [5.74, 6) is 0. The molecule has 4 rings (SSSR count). The minimum absolute atomic E-state index is 0.690. The molecule has 0 fully saturated rings. The van der Waals surface area contributed by atoms with Crippen molar-refractivity contribution in [1.29, 1.82) is 0 Å². The van der Waals surface area contributed by atoms with Crippen LogP contribution in [0.4, 0.5) is 0 Å². The summed E-state index contributed by atoms with van der Waals surface area (Å²) in [5.41, 5.74) is 0. The molecule has 2 heterocycles. The van der Waals surface area contributed by atoms with Gasteiger partial charge in [0.15, 0.2) is 0 Å². The van der Waals surface area contributed by atoms with E-state index in [1.807, 2.05) is 6.07 Å². The van der Waals surface area contributed by atoms with Crippen LogP contribution in [0.15, 0.2) is 48.7 Å². The van der Waals surface area contributed by atoms with E-state index in [-0.39, 0.29) is 0 Å². The third-order valence-electron chi connectivity index (χ3n) is 3.18. The van der Waals surface area contributed by atoms with Crippen molar-refractivity contribution in [3.05, 3.63) is 53.7 Å². The second kappa shape index (κ2) is 3.67. The van der Waals surface area contributed by atoms with E-state index < -0.39 is 0 Å². The van der Waals surface area contributed by atoms with Gasteiger partial charge in [-0.15, -0.1) is 11.3 Å². The van der Waals surface area contributed by atoms with E-state index in [9.17, 15) is 0 Å². The van der Waals surface area contributed by atoms with Crippen LogP contribution in [0, 0.1) is 0 Å². The Kier molecular flexibility index (Phi) is 2.10. The van der Waals surface area contributed by atoms with Crippen molar-refractivity contribution in [3.8, 4) is 0 Å². The molecule has 0 radical (unpaired) electrons. The van der Waals surface area contributed by atoms with Crippen LogP contribution in [-0.4, -0.2) is 4.98 Å². The van der Waals surface area contributed by atoms with E-state index in [1.165, 1.54) is 20.9 Å². The molecular weight excluding hydrogens is 262 g/mol. The fourth-order valence-corrected chi connectivity index (χ4v) is 3.61. The zero-order valence-electron chi connectivity index (χ0n) is 9.35. The third kappa shape index (κ3) is 1.36. The van der Waals surface area contributed by atoms with Gasteiger partial charge in [0.1, 0.15) is 4.83 Å². The first-order valence-electron chi connectivity index (χ1n) is 5.68. The highest BCUT2D eigenvalue weighted by Gasteiger charge is 2.09. The largest absolute Gasteiger partial charge is 0.244 e. The molecule has 0 aliphatic rings. The van der Waals surface area contributed by atoms with Gasteiger partial charge in [-0.2, -0.15) is 0 Å². The van der Waals surface area contributed by atoms with Crippen molar-refractivity contribution in [2.24, 2.45) is 0 Å². The number of rotatable bonds is 0. The molecule has 18 heavy (non-hydrogen) atoms. The van der Waals surface area contributed by atoms with E-state index in [0.29, 0.717) is 5.02 Å². The van der Waals surface area contributed by atoms with Crippen LogP contribution in [-0.2, 0) is 0 Å². The third-order valence-corrected chi connectivity index (χ3v) is 4.47. The summed E-state index contributed by atoms with van der Waals surface area (Å²) in [6.07, 6.45) is 1.71. The van der Waals surface area contributed by atoms with Gasteiger partial charge < -0.3 is 0 Å². The molecule has 3 heteroatoms. The van der Waals surface area contributed by atoms with Crippen LogP contribution in [0.1, 0.15) is 0 Å². The van der Waals surface area contributed by atoms with Gasteiger partial charge in [0.2, 0.25) is 0 Å². The fraction of sp³-hybridized carbons (Fsp3) is 0. The van der Waals surface area contributed by atoms with Crippen LogP contribution in [0.25, 0.3) is 31.1 Å². The maximum atomic E-state index is 6.07. The van der Waals surface area contributed by atoms with Crippen molar-refractivity contribution >= 4 is 54.0 Å². The summed E-state index contributed by atoms with van der Waals surface area (Å²) in [5, 5.41) is 5.63. The van der Waals surface area contributed by atoms with Gasteiger partial charge in [0, 0.05) is 21.7 Å². The molecule has 86 valence electrons. The lowest BCUT2D eigenvalue weighted by Crippen LogP contribution is -1.75. The molecule has 0 amide bonds. The normalized spacial score (nSPS) is 11.6. The van der Waals surface area contributed by atoms with E-state index in [2.05, 4.69) is 41.4 Å². The Bertz CT molecular complexity index is 895. The predicted octanol–water partition coefficient (Wildman–Crippen LogP) is 5.26. The molecule has 0 bridgehead atoms. The molecule has 0 N–H and O–H groups in total. The number of aromatic nitrogens is 1. The molecule has 0 aliphatic heterocycles. The highest BCUT2D eigenvalue weighted by molar-refractivity contribution is 7.25. The van der Waals surface area contributed by atoms with E-state index in [4.69, 9.17) is 11.6 Å². The number of hydrogen-bond acceptors (Lipinski definition) is 2. The lowest BCUT2D eigenvalue weighted by Gasteiger charge is -1.99. The summed E-state index contributed by atoms with van der Waals surface area (Å²) in [7, 11) is 0. The Hall–Kier alpha value is -1.64. The summed E-state index contributed by atoms with van der Waals surface area (Å²) in [4.78, 5) is 5.46. The average Bonchev–Trinajstić information content (AvgIpc) is 2.77. The molecule has 1 nitrogen and oxygen atoms in total. The minimum atomic E-state index is 0.690. The fourth-order valence-electron chi connectivity index (χ4n) is 2.41. The van der Waals surface area contributed by atoms with Crippen molar-refractivity contribution in [1.82, 2.24) is 4.98 Å². The SMILES string of the molecule is Clc1cnc2sc3ccc4ccccc4c3c2c1. The summed E-state index contributed by atoms with van der Waals surface area (Å²) < 4.78 is 1.26. The number of nitrogens with zero attached hydrogens (tertiary/aromatic N) is 1. The van der Waals surface area contributed by atoms with E-state index in [0.717, 1.165) is 10.2 Å². The molecule has 4 aromatic rings. The topological polar surface area (TPSA) is 12.9 Å². The zero-order chi connectivity index (χ0) is 12.1. The molecule has 2 aromatic heterocycles. The second-order valence-corrected chi connectivity index (χ2v) is 5.74. The molecule has 0 spiro atoms. The smallest absolute Gasteiger partial charge is 0.124 e. The first-order chi connectivity index (χ1) is 8.83. The summed E-state index contributed by atoms with van der Waals surface area (Å²) in [6.45, 7) is 0. The number of pyridine rings is 1. The Labute approximate surface area is 113 Å². The first kappa shape index (κ1) is 10.3. The molecule has 0 aliphatic carbocycles. The lowest BCUT2D eigenvalue weighted by atomic mass is 10.1. The van der Waals surface area contributed by atoms with Crippen LogP contribution in [0.3, 0.4) is 0 Å². The highest BCUT2D eigenvalue weighted by Crippen LogP contribution is 2.38. The van der Waals surface area contributed by atoms with Crippen LogP contribution in [0.5, 0.6) is 0 Å². The van der Waals surface area contributed by atoms with Gasteiger partial charge in [-0.3, -0.25) is 0 Å². The number of halogens is 1.